The highest BCUT2D eigenvalue weighted by atomic mass is 19.4. The van der Waals surface area contributed by atoms with Gasteiger partial charge in [-0.05, 0) is 17.7 Å². The van der Waals surface area contributed by atoms with Crippen molar-refractivity contribution in [2.24, 2.45) is 0 Å². The number of halogens is 3. The van der Waals surface area contributed by atoms with Gasteiger partial charge < -0.3 is 4.74 Å². The van der Waals surface area contributed by atoms with Crippen LogP contribution in [0.1, 0.15) is 44.2 Å². The van der Waals surface area contributed by atoms with Crippen molar-refractivity contribution < 1.29 is 32.3 Å². The van der Waals surface area contributed by atoms with E-state index in [4.69, 9.17) is 4.74 Å². The van der Waals surface area contributed by atoms with Crippen LogP contribution in [-0.2, 0) is 15.7 Å². The summed E-state index contributed by atoms with van der Waals surface area (Å²) in [5, 5.41) is 0. The number of carbonyl (C=O) groups is 3. The van der Waals surface area contributed by atoms with E-state index < -0.39 is 35.2 Å². The highest BCUT2D eigenvalue weighted by Gasteiger charge is 2.43. The fraction of sp³-hybridized carbons (Fsp3) is 0.150. The van der Waals surface area contributed by atoms with Crippen molar-refractivity contribution in [1.29, 1.82) is 0 Å². The molecule has 2 aliphatic rings. The molecule has 0 aromatic heterocycles. The van der Waals surface area contributed by atoms with Crippen molar-refractivity contribution in [1.82, 2.24) is 0 Å². The number of rotatable bonds is 1. The van der Waals surface area contributed by atoms with Gasteiger partial charge in [0.15, 0.2) is 11.5 Å². The Hall–Kier alpha value is -3.22. The van der Waals surface area contributed by atoms with E-state index in [1.807, 2.05) is 0 Å². The van der Waals surface area contributed by atoms with Crippen LogP contribution in [0.4, 0.5) is 13.2 Å². The summed E-state index contributed by atoms with van der Waals surface area (Å²) >= 11 is 0. The van der Waals surface area contributed by atoms with Gasteiger partial charge in [-0.25, -0.2) is 0 Å². The summed E-state index contributed by atoms with van der Waals surface area (Å²) in [6.45, 7) is 0. The molecule has 0 unspecified atom stereocenters. The molecule has 0 bridgehead atoms. The van der Waals surface area contributed by atoms with Crippen LogP contribution in [0.3, 0.4) is 0 Å². The normalized spacial score (nSPS) is 19.5. The number of esters is 1. The Labute approximate surface area is 151 Å². The van der Waals surface area contributed by atoms with Crippen LogP contribution in [0, 0.1) is 0 Å². The molecule has 0 spiro atoms. The predicted molar refractivity (Wildman–Crippen MR) is 87.0 cm³/mol. The van der Waals surface area contributed by atoms with Gasteiger partial charge in [-0.15, -0.1) is 0 Å². The van der Waals surface area contributed by atoms with E-state index in [0.29, 0.717) is 5.56 Å². The van der Waals surface area contributed by atoms with Crippen molar-refractivity contribution in [3.63, 3.8) is 0 Å². The van der Waals surface area contributed by atoms with Gasteiger partial charge in [0, 0.05) is 17.0 Å². The van der Waals surface area contributed by atoms with Gasteiger partial charge >= 0.3 is 12.1 Å². The van der Waals surface area contributed by atoms with Crippen molar-refractivity contribution in [3.05, 3.63) is 82.1 Å². The van der Waals surface area contributed by atoms with Crippen LogP contribution in [0.5, 0.6) is 0 Å². The van der Waals surface area contributed by atoms with Crippen molar-refractivity contribution in [2.45, 2.75) is 18.5 Å². The number of Topliss-reactive ketones (excluding diaryl/α,β-unsaturated/α-hetero) is 2. The number of ketones is 2. The fourth-order valence-electron chi connectivity index (χ4n) is 3.40. The number of carbonyl (C=O) groups excluding carboxylic acids is 3. The summed E-state index contributed by atoms with van der Waals surface area (Å²) in [6, 6.07) is 10.4. The van der Waals surface area contributed by atoms with E-state index in [0.717, 1.165) is 12.1 Å². The first-order valence-electron chi connectivity index (χ1n) is 8.08. The minimum atomic E-state index is -4.50. The highest BCUT2D eigenvalue weighted by molar-refractivity contribution is 6.27. The van der Waals surface area contributed by atoms with Crippen LogP contribution in [0.2, 0.25) is 0 Å². The summed E-state index contributed by atoms with van der Waals surface area (Å²) in [5.41, 5.74) is -0.154. The maximum absolute atomic E-state index is 12.9. The number of fused-ring (bicyclic) bond motifs is 1. The van der Waals surface area contributed by atoms with E-state index in [1.165, 1.54) is 24.3 Å². The van der Waals surface area contributed by atoms with Gasteiger partial charge in [-0.1, -0.05) is 36.4 Å². The lowest BCUT2D eigenvalue weighted by atomic mass is 9.77. The first-order valence-corrected chi connectivity index (χ1v) is 8.08. The zero-order valence-electron chi connectivity index (χ0n) is 13.7. The number of alkyl halides is 3. The minimum absolute atomic E-state index is 0.0121. The van der Waals surface area contributed by atoms with Gasteiger partial charge in [0.1, 0.15) is 0 Å². The molecule has 1 atom stereocenters. The first-order chi connectivity index (χ1) is 12.8. The highest BCUT2D eigenvalue weighted by Crippen LogP contribution is 2.41. The Morgan fingerprint density at radius 1 is 0.852 bits per heavy atom. The molecule has 0 saturated carbocycles. The number of hydrogen-bond donors (Lipinski definition) is 0. The van der Waals surface area contributed by atoms with Crippen molar-refractivity contribution in [3.8, 4) is 0 Å². The average molecular weight is 372 g/mol. The lowest BCUT2D eigenvalue weighted by Gasteiger charge is -2.30. The Bertz CT molecular complexity index is 1020. The van der Waals surface area contributed by atoms with Crippen molar-refractivity contribution >= 4 is 17.5 Å². The maximum Gasteiger partial charge on any atom is 0.416 e. The predicted octanol–water partition coefficient (Wildman–Crippen LogP) is 4.07. The molecule has 2 aromatic carbocycles. The molecule has 1 heterocycles. The third-order valence-electron chi connectivity index (χ3n) is 4.69. The van der Waals surface area contributed by atoms with Crippen LogP contribution in [-0.4, -0.2) is 17.5 Å². The zero-order valence-corrected chi connectivity index (χ0v) is 13.7. The molecule has 4 rings (SSSR count). The molecule has 27 heavy (non-hydrogen) atoms. The van der Waals surface area contributed by atoms with Crippen molar-refractivity contribution in [2.75, 3.05) is 0 Å². The van der Waals surface area contributed by atoms with Crippen LogP contribution in [0.15, 0.2) is 59.9 Å². The molecular weight excluding hydrogens is 361 g/mol. The quantitative estimate of drug-likeness (QED) is 0.708. The summed E-state index contributed by atoms with van der Waals surface area (Å²) < 4.78 is 43.4. The van der Waals surface area contributed by atoms with Gasteiger partial charge in [0.05, 0.1) is 17.6 Å². The molecular formula is C20H11F3O4. The largest absolute Gasteiger partial charge is 0.422 e. The summed E-state index contributed by atoms with van der Waals surface area (Å²) in [5.74, 6) is -2.92. The summed E-state index contributed by atoms with van der Waals surface area (Å²) in [6.07, 6.45) is -4.73. The number of hydrogen-bond acceptors (Lipinski definition) is 4. The Balaban J connectivity index is 1.83. The third kappa shape index (κ3) is 2.75. The Morgan fingerprint density at radius 3 is 2.04 bits per heavy atom. The lowest BCUT2D eigenvalue weighted by Crippen LogP contribution is -2.32. The lowest BCUT2D eigenvalue weighted by molar-refractivity contribution is -0.140. The second-order valence-corrected chi connectivity index (χ2v) is 6.30. The Kier molecular flexibility index (Phi) is 3.76. The zero-order chi connectivity index (χ0) is 19.3. The van der Waals surface area contributed by atoms with E-state index in [9.17, 15) is 27.6 Å². The van der Waals surface area contributed by atoms with E-state index in [2.05, 4.69) is 0 Å². The molecule has 4 nitrogen and oxygen atoms in total. The summed E-state index contributed by atoms with van der Waals surface area (Å²) in [7, 11) is 0. The standard InChI is InChI=1S/C20H11F3O4/c21-20(22,23)11-7-5-10(6-8-11)14-9-15(24)27-19-16(14)17(25)12-3-1-2-4-13(12)18(19)26/h1-8,14H,9H2/t14-/m1/s1. The molecule has 0 fully saturated rings. The van der Waals surface area contributed by atoms with Gasteiger partial charge in [0.25, 0.3) is 0 Å². The number of benzene rings is 2. The molecule has 0 amide bonds. The molecule has 7 heteroatoms. The average Bonchev–Trinajstić information content (AvgIpc) is 2.65. The maximum atomic E-state index is 12.9. The van der Waals surface area contributed by atoms with Crippen LogP contribution < -0.4 is 0 Å². The minimum Gasteiger partial charge on any atom is -0.422 e. The van der Waals surface area contributed by atoms with E-state index >= 15 is 0 Å². The molecule has 0 saturated heterocycles. The van der Waals surface area contributed by atoms with Crippen LogP contribution >= 0.6 is 0 Å². The smallest absolute Gasteiger partial charge is 0.416 e. The van der Waals surface area contributed by atoms with Gasteiger partial charge in [0.2, 0.25) is 5.78 Å². The molecule has 1 aliphatic heterocycles. The topological polar surface area (TPSA) is 60.4 Å². The second-order valence-electron chi connectivity index (χ2n) is 6.30. The fourth-order valence-corrected chi connectivity index (χ4v) is 3.40. The van der Waals surface area contributed by atoms with Gasteiger partial charge in [-0.3, -0.25) is 14.4 Å². The van der Waals surface area contributed by atoms with Gasteiger partial charge in [-0.2, -0.15) is 13.2 Å². The molecule has 2 aromatic rings. The molecule has 1 aliphatic carbocycles. The number of allylic oxidation sites excluding steroid dienone is 2. The van der Waals surface area contributed by atoms with Crippen LogP contribution in [0.25, 0.3) is 0 Å². The number of ether oxygens (including phenoxy) is 1. The van der Waals surface area contributed by atoms with E-state index in [-0.39, 0.29) is 28.9 Å². The molecule has 0 N–H and O–H groups in total. The summed E-state index contributed by atoms with van der Waals surface area (Å²) in [4.78, 5) is 37.6. The third-order valence-corrected chi connectivity index (χ3v) is 4.69. The SMILES string of the molecule is O=C1C[C@H](c2ccc(C(F)(F)F)cc2)C2=C(O1)C(=O)c1ccccc1C2=O. The van der Waals surface area contributed by atoms with E-state index in [1.54, 1.807) is 12.1 Å². The monoisotopic (exact) mass is 372 g/mol. The first kappa shape index (κ1) is 17.2. The molecule has 136 valence electrons. The second kappa shape index (κ2) is 5.90. The molecule has 0 radical (unpaired) electrons. The Morgan fingerprint density at radius 2 is 1.44 bits per heavy atom.